The molecular formula is C14H15NOS. The second-order valence-corrected chi connectivity index (χ2v) is 4.87. The molecule has 0 spiro atoms. The summed E-state index contributed by atoms with van der Waals surface area (Å²) in [7, 11) is 0. The van der Waals surface area contributed by atoms with E-state index in [9.17, 15) is 5.11 Å². The van der Waals surface area contributed by atoms with Gasteiger partial charge < -0.3 is 5.11 Å². The maximum Gasteiger partial charge on any atom is 0.101 e. The first-order valence-corrected chi connectivity index (χ1v) is 6.45. The minimum Gasteiger partial charge on any atom is -0.386 e. The second-order valence-electron chi connectivity index (χ2n) is 3.89. The fraction of sp³-hybridized carbons (Fsp3) is 0.214. The highest BCUT2D eigenvalue weighted by Gasteiger charge is 2.14. The van der Waals surface area contributed by atoms with Gasteiger partial charge in [-0.1, -0.05) is 36.4 Å². The van der Waals surface area contributed by atoms with E-state index in [0.29, 0.717) is 0 Å². The Bertz CT molecular complexity index is 464. The van der Waals surface area contributed by atoms with Crippen molar-refractivity contribution in [1.29, 1.82) is 0 Å². The molecule has 0 amide bonds. The lowest BCUT2D eigenvalue weighted by molar-refractivity contribution is 0.154. The summed E-state index contributed by atoms with van der Waals surface area (Å²) in [6.07, 6.45) is 1.27. The van der Waals surface area contributed by atoms with Crippen LogP contribution in [0.1, 0.15) is 23.5 Å². The fourth-order valence-corrected chi connectivity index (χ4v) is 2.16. The number of thiophene rings is 1. The molecule has 88 valence electrons. The van der Waals surface area contributed by atoms with Crippen molar-refractivity contribution in [3.8, 4) is 0 Å². The number of aliphatic hydroxyl groups is 1. The van der Waals surface area contributed by atoms with Crippen LogP contribution in [0.2, 0.25) is 0 Å². The molecule has 0 radical (unpaired) electrons. The van der Waals surface area contributed by atoms with Crippen LogP contribution < -0.4 is 0 Å². The van der Waals surface area contributed by atoms with Gasteiger partial charge in [0.1, 0.15) is 6.10 Å². The third kappa shape index (κ3) is 3.25. The maximum absolute atomic E-state index is 10.1. The Balaban J connectivity index is 2.03. The summed E-state index contributed by atoms with van der Waals surface area (Å²) in [4.78, 5) is 5.49. The Morgan fingerprint density at radius 2 is 1.94 bits per heavy atom. The Morgan fingerprint density at radius 3 is 2.59 bits per heavy atom. The SMILES string of the molecule is C[C@@H](N=Cc1cccs1)[C@@H](O)c1ccccc1. The molecule has 0 saturated carbocycles. The van der Waals surface area contributed by atoms with Crippen molar-refractivity contribution in [2.75, 3.05) is 0 Å². The van der Waals surface area contributed by atoms with Crippen molar-refractivity contribution in [2.24, 2.45) is 4.99 Å². The molecule has 0 saturated heterocycles. The summed E-state index contributed by atoms with van der Waals surface area (Å²) in [6, 6.07) is 13.5. The van der Waals surface area contributed by atoms with Crippen LogP contribution >= 0.6 is 11.3 Å². The van der Waals surface area contributed by atoms with Gasteiger partial charge >= 0.3 is 0 Å². The lowest BCUT2D eigenvalue weighted by atomic mass is 10.0. The van der Waals surface area contributed by atoms with Crippen molar-refractivity contribution in [1.82, 2.24) is 0 Å². The van der Waals surface area contributed by atoms with E-state index in [0.717, 1.165) is 10.4 Å². The number of rotatable bonds is 4. The van der Waals surface area contributed by atoms with E-state index in [-0.39, 0.29) is 6.04 Å². The number of nitrogens with zero attached hydrogens (tertiary/aromatic N) is 1. The quantitative estimate of drug-likeness (QED) is 0.824. The first-order chi connectivity index (χ1) is 8.27. The van der Waals surface area contributed by atoms with Gasteiger partial charge in [0.15, 0.2) is 0 Å². The Hall–Kier alpha value is -1.45. The topological polar surface area (TPSA) is 32.6 Å². The van der Waals surface area contributed by atoms with Gasteiger partial charge in [-0.05, 0) is 23.9 Å². The van der Waals surface area contributed by atoms with Crippen LogP contribution in [0.15, 0.2) is 52.8 Å². The van der Waals surface area contributed by atoms with E-state index in [1.54, 1.807) is 11.3 Å². The fourth-order valence-electron chi connectivity index (χ4n) is 1.57. The van der Waals surface area contributed by atoms with Gasteiger partial charge in [-0.25, -0.2) is 0 Å². The molecule has 2 rings (SSSR count). The van der Waals surface area contributed by atoms with Gasteiger partial charge in [0.25, 0.3) is 0 Å². The minimum absolute atomic E-state index is 0.139. The second kappa shape index (κ2) is 5.75. The molecule has 17 heavy (non-hydrogen) atoms. The zero-order valence-corrected chi connectivity index (χ0v) is 10.5. The molecular weight excluding hydrogens is 230 g/mol. The summed E-state index contributed by atoms with van der Waals surface area (Å²) >= 11 is 1.64. The first-order valence-electron chi connectivity index (χ1n) is 5.57. The molecule has 0 aliphatic rings. The van der Waals surface area contributed by atoms with Gasteiger partial charge in [-0.3, -0.25) is 4.99 Å². The highest BCUT2D eigenvalue weighted by atomic mass is 32.1. The van der Waals surface area contributed by atoms with E-state index in [2.05, 4.69) is 4.99 Å². The highest BCUT2D eigenvalue weighted by molar-refractivity contribution is 7.11. The standard InChI is InChI=1S/C14H15NOS/c1-11(15-10-13-8-5-9-17-13)14(16)12-6-3-2-4-7-12/h2-11,14,16H,1H3/t11-,14-/m1/s1. The molecule has 1 aromatic carbocycles. The molecule has 1 heterocycles. The normalized spacial score (nSPS) is 14.9. The maximum atomic E-state index is 10.1. The molecule has 2 nitrogen and oxygen atoms in total. The molecule has 3 heteroatoms. The van der Waals surface area contributed by atoms with Crippen LogP contribution in [-0.2, 0) is 0 Å². The average Bonchev–Trinajstić information content (AvgIpc) is 2.89. The molecule has 1 aromatic heterocycles. The van der Waals surface area contributed by atoms with Gasteiger partial charge in [-0.15, -0.1) is 11.3 Å². The smallest absolute Gasteiger partial charge is 0.101 e. The monoisotopic (exact) mass is 245 g/mol. The van der Waals surface area contributed by atoms with Crippen molar-refractivity contribution in [3.05, 3.63) is 58.3 Å². The number of hydrogen-bond donors (Lipinski definition) is 1. The lowest BCUT2D eigenvalue weighted by Crippen LogP contribution is -2.12. The first kappa shape index (κ1) is 12.0. The molecule has 0 aliphatic carbocycles. The summed E-state index contributed by atoms with van der Waals surface area (Å²) in [5.41, 5.74) is 0.906. The Morgan fingerprint density at radius 1 is 1.18 bits per heavy atom. The van der Waals surface area contributed by atoms with Crippen LogP contribution in [0, 0.1) is 0 Å². The van der Waals surface area contributed by atoms with Crippen LogP contribution in [0.3, 0.4) is 0 Å². The molecule has 1 N–H and O–H groups in total. The summed E-state index contributed by atoms with van der Waals surface area (Å²) in [5, 5.41) is 12.1. The lowest BCUT2D eigenvalue weighted by Gasteiger charge is -2.14. The van der Waals surface area contributed by atoms with Gasteiger partial charge in [0.05, 0.1) is 6.04 Å². The van der Waals surface area contributed by atoms with Gasteiger partial charge in [0, 0.05) is 11.1 Å². The molecule has 2 atom stereocenters. The predicted molar refractivity (Wildman–Crippen MR) is 72.8 cm³/mol. The van der Waals surface area contributed by atoms with Crippen LogP contribution in [0.25, 0.3) is 0 Å². The van der Waals surface area contributed by atoms with E-state index in [1.807, 2.05) is 61.0 Å². The van der Waals surface area contributed by atoms with Gasteiger partial charge in [-0.2, -0.15) is 0 Å². The summed E-state index contributed by atoms with van der Waals surface area (Å²) < 4.78 is 0. The van der Waals surface area contributed by atoms with Gasteiger partial charge in [0.2, 0.25) is 0 Å². The zero-order valence-electron chi connectivity index (χ0n) is 9.65. The van der Waals surface area contributed by atoms with Crippen molar-refractivity contribution < 1.29 is 5.11 Å². The molecule has 0 fully saturated rings. The number of benzene rings is 1. The molecule has 0 unspecified atom stereocenters. The Labute approximate surface area is 105 Å². The van der Waals surface area contributed by atoms with Crippen molar-refractivity contribution >= 4 is 17.6 Å². The highest BCUT2D eigenvalue weighted by Crippen LogP contribution is 2.18. The van der Waals surface area contributed by atoms with E-state index in [4.69, 9.17) is 0 Å². The summed E-state index contributed by atoms with van der Waals surface area (Å²) in [6.45, 7) is 1.92. The van der Waals surface area contributed by atoms with Crippen molar-refractivity contribution in [3.63, 3.8) is 0 Å². The molecule has 0 aliphatic heterocycles. The van der Waals surface area contributed by atoms with E-state index < -0.39 is 6.10 Å². The number of aliphatic imine (C=N–C) groups is 1. The third-order valence-electron chi connectivity index (χ3n) is 2.58. The average molecular weight is 245 g/mol. The summed E-state index contributed by atoms with van der Waals surface area (Å²) in [5.74, 6) is 0. The zero-order chi connectivity index (χ0) is 12.1. The number of hydrogen-bond acceptors (Lipinski definition) is 3. The molecule has 0 bridgehead atoms. The predicted octanol–water partition coefficient (Wildman–Crippen LogP) is 3.29. The molecule has 2 aromatic rings. The van der Waals surface area contributed by atoms with Crippen LogP contribution in [-0.4, -0.2) is 17.4 Å². The minimum atomic E-state index is -0.549. The van der Waals surface area contributed by atoms with E-state index >= 15 is 0 Å². The van der Waals surface area contributed by atoms with Crippen molar-refractivity contribution in [2.45, 2.75) is 19.1 Å². The third-order valence-corrected chi connectivity index (χ3v) is 3.39. The largest absolute Gasteiger partial charge is 0.386 e. The Kier molecular flexibility index (Phi) is 4.07. The van der Waals surface area contributed by atoms with E-state index in [1.165, 1.54) is 0 Å². The van der Waals surface area contributed by atoms with Crippen LogP contribution in [0.5, 0.6) is 0 Å². The number of aliphatic hydroxyl groups excluding tert-OH is 1. The van der Waals surface area contributed by atoms with Crippen LogP contribution in [0.4, 0.5) is 0 Å².